The summed E-state index contributed by atoms with van der Waals surface area (Å²) in [5.41, 5.74) is 8.61. The quantitative estimate of drug-likeness (QED) is 0.873. The summed E-state index contributed by atoms with van der Waals surface area (Å²) in [4.78, 5) is 13.8. The predicted molar refractivity (Wildman–Crippen MR) is 72.2 cm³/mol. The van der Waals surface area contributed by atoms with Crippen molar-refractivity contribution in [2.24, 2.45) is 5.73 Å². The highest BCUT2D eigenvalue weighted by Gasteiger charge is 2.20. The highest BCUT2D eigenvalue weighted by Crippen LogP contribution is 2.21. The van der Waals surface area contributed by atoms with Gasteiger partial charge >= 0.3 is 0 Å². The molecule has 0 bridgehead atoms. The molecular formula is C14H22N2O. The third kappa shape index (κ3) is 3.86. The van der Waals surface area contributed by atoms with Crippen molar-refractivity contribution in [3.8, 4) is 0 Å². The molecule has 0 unspecified atom stereocenters. The Morgan fingerprint density at radius 1 is 1.35 bits per heavy atom. The van der Waals surface area contributed by atoms with Crippen LogP contribution in [0.5, 0.6) is 0 Å². The smallest absolute Gasteiger partial charge is 0.228 e. The van der Waals surface area contributed by atoms with E-state index in [1.54, 1.807) is 11.9 Å². The maximum absolute atomic E-state index is 12.1. The van der Waals surface area contributed by atoms with Gasteiger partial charge in [0.2, 0.25) is 5.91 Å². The lowest BCUT2D eigenvalue weighted by atomic mass is 10.0. The first-order valence-corrected chi connectivity index (χ1v) is 5.83. The molecule has 0 saturated carbocycles. The largest absolute Gasteiger partial charge is 0.325 e. The summed E-state index contributed by atoms with van der Waals surface area (Å²) in [5.74, 6) is 0.0474. The number of hydrogen-bond acceptors (Lipinski definition) is 2. The van der Waals surface area contributed by atoms with Crippen LogP contribution < -0.4 is 10.6 Å². The van der Waals surface area contributed by atoms with Crippen LogP contribution in [0.2, 0.25) is 0 Å². The fourth-order valence-electron chi connectivity index (χ4n) is 1.72. The van der Waals surface area contributed by atoms with Crippen LogP contribution in [0.15, 0.2) is 18.2 Å². The summed E-state index contributed by atoms with van der Waals surface area (Å²) in [7, 11) is 1.80. The highest BCUT2D eigenvalue weighted by molar-refractivity contribution is 5.94. The number of carbonyl (C=O) groups is 1. The minimum Gasteiger partial charge on any atom is -0.325 e. The van der Waals surface area contributed by atoms with Crippen LogP contribution in [0.1, 0.15) is 31.4 Å². The lowest BCUT2D eigenvalue weighted by molar-refractivity contribution is -0.119. The topological polar surface area (TPSA) is 46.3 Å². The first-order chi connectivity index (χ1) is 7.70. The summed E-state index contributed by atoms with van der Waals surface area (Å²) >= 11 is 0. The second-order valence-electron chi connectivity index (χ2n) is 5.41. The SMILES string of the molecule is Cc1ccc(C)c(N(C)C(=O)CC(C)(C)N)c1. The van der Waals surface area contributed by atoms with Crippen LogP contribution in [0.4, 0.5) is 5.69 Å². The van der Waals surface area contributed by atoms with Gasteiger partial charge in [-0.15, -0.1) is 0 Å². The molecule has 0 aliphatic heterocycles. The molecule has 0 aliphatic rings. The van der Waals surface area contributed by atoms with E-state index in [0.29, 0.717) is 6.42 Å². The Morgan fingerprint density at radius 3 is 2.47 bits per heavy atom. The Morgan fingerprint density at radius 2 is 1.94 bits per heavy atom. The number of rotatable bonds is 3. The number of aryl methyl sites for hydroxylation is 2. The van der Waals surface area contributed by atoms with Crippen molar-refractivity contribution in [3.63, 3.8) is 0 Å². The molecule has 17 heavy (non-hydrogen) atoms. The van der Waals surface area contributed by atoms with Crippen LogP contribution >= 0.6 is 0 Å². The average molecular weight is 234 g/mol. The van der Waals surface area contributed by atoms with E-state index in [4.69, 9.17) is 5.73 Å². The van der Waals surface area contributed by atoms with E-state index in [1.807, 2.05) is 45.9 Å². The maximum Gasteiger partial charge on any atom is 0.228 e. The second-order valence-corrected chi connectivity index (χ2v) is 5.41. The van der Waals surface area contributed by atoms with E-state index in [2.05, 4.69) is 0 Å². The lowest BCUT2D eigenvalue weighted by Crippen LogP contribution is -2.40. The van der Waals surface area contributed by atoms with Crippen LogP contribution in [0.3, 0.4) is 0 Å². The fraction of sp³-hybridized carbons (Fsp3) is 0.500. The van der Waals surface area contributed by atoms with E-state index in [0.717, 1.165) is 16.8 Å². The molecule has 0 heterocycles. The number of nitrogens with two attached hydrogens (primary N) is 1. The molecule has 3 nitrogen and oxygen atoms in total. The van der Waals surface area contributed by atoms with Crippen LogP contribution in [0, 0.1) is 13.8 Å². The van der Waals surface area contributed by atoms with E-state index in [-0.39, 0.29) is 5.91 Å². The number of anilines is 1. The monoisotopic (exact) mass is 234 g/mol. The van der Waals surface area contributed by atoms with Crippen molar-refractivity contribution in [1.29, 1.82) is 0 Å². The van der Waals surface area contributed by atoms with Crippen molar-refractivity contribution in [1.82, 2.24) is 0 Å². The molecule has 0 radical (unpaired) electrons. The molecule has 0 atom stereocenters. The van der Waals surface area contributed by atoms with Crippen LogP contribution in [0.25, 0.3) is 0 Å². The normalized spacial score (nSPS) is 11.4. The van der Waals surface area contributed by atoms with E-state index in [1.165, 1.54) is 0 Å². The second kappa shape index (κ2) is 4.88. The maximum atomic E-state index is 12.1. The Bertz CT molecular complexity index is 419. The van der Waals surface area contributed by atoms with Crippen molar-refractivity contribution in [2.75, 3.05) is 11.9 Å². The van der Waals surface area contributed by atoms with E-state index >= 15 is 0 Å². The van der Waals surface area contributed by atoms with Gasteiger partial charge < -0.3 is 10.6 Å². The third-order valence-electron chi connectivity index (χ3n) is 2.71. The first-order valence-electron chi connectivity index (χ1n) is 5.83. The minimum atomic E-state index is -0.469. The molecule has 0 aliphatic carbocycles. The van der Waals surface area contributed by atoms with Gasteiger partial charge in [0, 0.05) is 24.7 Å². The molecule has 1 amide bonds. The molecule has 1 rings (SSSR count). The van der Waals surface area contributed by atoms with Gasteiger partial charge in [-0.1, -0.05) is 12.1 Å². The zero-order valence-electron chi connectivity index (χ0n) is 11.4. The van der Waals surface area contributed by atoms with Gasteiger partial charge in [0.05, 0.1) is 0 Å². The molecule has 2 N–H and O–H groups in total. The minimum absolute atomic E-state index is 0.0474. The Balaban J connectivity index is 2.92. The van der Waals surface area contributed by atoms with Crippen molar-refractivity contribution in [2.45, 2.75) is 39.7 Å². The van der Waals surface area contributed by atoms with Crippen LogP contribution in [-0.4, -0.2) is 18.5 Å². The van der Waals surface area contributed by atoms with Gasteiger partial charge in [-0.25, -0.2) is 0 Å². The fourth-order valence-corrected chi connectivity index (χ4v) is 1.72. The van der Waals surface area contributed by atoms with E-state index in [9.17, 15) is 4.79 Å². The average Bonchev–Trinajstić information content (AvgIpc) is 2.18. The van der Waals surface area contributed by atoms with Crippen molar-refractivity contribution in [3.05, 3.63) is 29.3 Å². The van der Waals surface area contributed by atoms with Gasteiger partial charge in [0.25, 0.3) is 0 Å². The van der Waals surface area contributed by atoms with Gasteiger partial charge in [0.15, 0.2) is 0 Å². The molecular weight excluding hydrogens is 212 g/mol. The van der Waals surface area contributed by atoms with Gasteiger partial charge in [-0.05, 0) is 44.9 Å². The van der Waals surface area contributed by atoms with Crippen molar-refractivity contribution >= 4 is 11.6 Å². The summed E-state index contributed by atoms with van der Waals surface area (Å²) in [6.45, 7) is 7.75. The number of amides is 1. The summed E-state index contributed by atoms with van der Waals surface area (Å²) in [6.07, 6.45) is 0.344. The third-order valence-corrected chi connectivity index (χ3v) is 2.71. The molecule has 3 heteroatoms. The summed E-state index contributed by atoms with van der Waals surface area (Å²) in [6, 6.07) is 6.10. The lowest BCUT2D eigenvalue weighted by Gasteiger charge is -2.24. The van der Waals surface area contributed by atoms with Gasteiger partial charge in [-0.3, -0.25) is 4.79 Å². The van der Waals surface area contributed by atoms with Gasteiger partial charge in [0.1, 0.15) is 0 Å². The summed E-state index contributed by atoms with van der Waals surface area (Å²) < 4.78 is 0. The van der Waals surface area contributed by atoms with E-state index < -0.39 is 5.54 Å². The molecule has 1 aromatic carbocycles. The van der Waals surface area contributed by atoms with Crippen molar-refractivity contribution < 1.29 is 4.79 Å². The van der Waals surface area contributed by atoms with Gasteiger partial charge in [-0.2, -0.15) is 0 Å². The zero-order valence-corrected chi connectivity index (χ0v) is 11.4. The number of benzene rings is 1. The predicted octanol–water partition coefficient (Wildman–Crippen LogP) is 2.39. The molecule has 0 aromatic heterocycles. The molecule has 1 aromatic rings. The molecule has 0 fully saturated rings. The molecule has 0 saturated heterocycles. The number of hydrogen-bond donors (Lipinski definition) is 1. The Kier molecular flexibility index (Phi) is 3.94. The number of carbonyl (C=O) groups excluding carboxylic acids is 1. The Hall–Kier alpha value is -1.35. The first kappa shape index (κ1) is 13.7. The Labute approximate surface area is 104 Å². The van der Waals surface area contributed by atoms with Crippen LogP contribution in [-0.2, 0) is 4.79 Å². The highest BCUT2D eigenvalue weighted by atomic mass is 16.2. The molecule has 0 spiro atoms. The number of nitrogens with zero attached hydrogens (tertiary/aromatic N) is 1. The standard InChI is InChI=1S/C14H22N2O/c1-10-6-7-11(2)12(8-10)16(5)13(17)9-14(3,4)15/h6-8H,9,15H2,1-5H3. The molecule has 94 valence electrons. The zero-order chi connectivity index (χ0) is 13.2. The summed E-state index contributed by atoms with van der Waals surface area (Å²) in [5, 5.41) is 0.